The molecule has 5 nitrogen and oxygen atoms in total. The maximum Gasteiger partial charge on any atom is 0.432 e. The molecular formula is C29H40F4N4O. The van der Waals surface area contributed by atoms with Gasteiger partial charge in [0.25, 0.3) is 5.91 Å². The average molecular weight is 537 g/mol. The van der Waals surface area contributed by atoms with Crippen molar-refractivity contribution in [1.29, 1.82) is 0 Å². The number of nitrogens with zero attached hydrogens (tertiary/aromatic N) is 1. The minimum absolute atomic E-state index is 0.107. The molecule has 2 atom stereocenters. The van der Waals surface area contributed by atoms with Gasteiger partial charge in [-0.3, -0.25) is 9.79 Å². The lowest BCUT2D eigenvalue weighted by atomic mass is 9.93. The summed E-state index contributed by atoms with van der Waals surface area (Å²) in [5, 5.41) is 6.03. The van der Waals surface area contributed by atoms with Crippen LogP contribution in [0.15, 0.2) is 52.7 Å². The summed E-state index contributed by atoms with van der Waals surface area (Å²) >= 11 is 0. The number of rotatable bonds is 5. The van der Waals surface area contributed by atoms with Crippen LogP contribution in [0.5, 0.6) is 0 Å². The summed E-state index contributed by atoms with van der Waals surface area (Å²) in [5.74, 6) is -1.49. The zero-order valence-corrected chi connectivity index (χ0v) is 22.9. The van der Waals surface area contributed by atoms with E-state index in [9.17, 15) is 22.4 Å². The number of nitrogens with one attached hydrogen (secondary N) is 2. The highest BCUT2D eigenvalue weighted by Gasteiger charge is 2.35. The van der Waals surface area contributed by atoms with Gasteiger partial charge < -0.3 is 16.4 Å². The van der Waals surface area contributed by atoms with E-state index in [2.05, 4.69) is 15.6 Å². The van der Waals surface area contributed by atoms with Crippen molar-refractivity contribution in [2.24, 2.45) is 10.9 Å². The second-order valence-electron chi connectivity index (χ2n) is 9.54. The SMILES string of the molecule is CC.Cc1cc(C(C)NC(=O)/C2=C/CN=C(C(F)(F)F)/C=C(/NC3CCCCC3)C(C)C=C2)c(F)cc1N. The maximum absolute atomic E-state index is 14.4. The van der Waals surface area contributed by atoms with Gasteiger partial charge in [-0.05, 0) is 50.5 Å². The first kappa shape index (κ1) is 31.1. The molecule has 1 fully saturated rings. The number of carbonyl (C=O) groups excluding carboxylic acids is 1. The third-order valence-electron chi connectivity index (χ3n) is 6.65. The number of aryl methyl sites for hydroxylation is 1. The fourth-order valence-corrected chi connectivity index (χ4v) is 4.39. The molecule has 0 spiro atoms. The Labute approximate surface area is 223 Å². The van der Waals surface area contributed by atoms with E-state index in [1.54, 1.807) is 39.0 Å². The number of nitrogen functional groups attached to an aromatic ring is 1. The van der Waals surface area contributed by atoms with Crippen molar-refractivity contribution in [3.05, 3.63) is 64.7 Å². The Hall–Kier alpha value is -3.10. The maximum atomic E-state index is 14.4. The zero-order valence-electron chi connectivity index (χ0n) is 22.9. The lowest BCUT2D eigenvalue weighted by Gasteiger charge is -2.27. The fourth-order valence-electron chi connectivity index (χ4n) is 4.39. The van der Waals surface area contributed by atoms with Crippen molar-refractivity contribution in [2.75, 3.05) is 12.3 Å². The second-order valence-corrected chi connectivity index (χ2v) is 9.54. The van der Waals surface area contributed by atoms with Gasteiger partial charge in [0.15, 0.2) is 0 Å². The van der Waals surface area contributed by atoms with E-state index in [0.717, 1.165) is 38.2 Å². The van der Waals surface area contributed by atoms with Gasteiger partial charge in [-0.15, -0.1) is 0 Å². The molecule has 38 heavy (non-hydrogen) atoms. The number of halogens is 4. The summed E-state index contributed by atoms with van der Waals surface area (Å²) in [4.78, 5) is 16.8. The van der Waals surface area contributed by atoms with Crippen molar-refractivity contribution < 1.29 is 22.4 Å². The average Bonchev–Trinajstić information content (AvgIpc) is 2.87. The quantitative estimate of drug-likeness (QED) is 0.284. The topological polar surface area (TPSA) is 79.5 Å². The van der Waals surface area contributed by atoms with E-state index in [1.807, 2.05) is 13.8 Å². The Balaban J connectivity index is 0.00000247. The van der Waals surface area contributed by atoms with Gasteiger partial charge in [-0.1, -0.05) is 58.3 Å². The van der Waals surface area contributed by atoms with Crippen LogP contribution in [0.2, 0.25) is 0 Å². The zero-order chi connectivity index (χ0) is 28.5. The van der Waals surface area contributed by atoms with Gasteiger partial charge in [0, 0.05) is 34.5 Å². The molecule has 1 aromatic carbocycles. The lowest BCUT2D eigenvalue weighted by Crippen LogP contribution is -2.34. The van der Waals surface area contributed by atoms with Gasteiger partial charge in [-0.25, -0.2) is 4.39 Å². The summed E-state index contributed by atoms with van der Waals surface area (Å²) in [6, 6.07) is 2.20. The molecule has 1 amide bonds. The Morgan fingerprint density at radius 3 is 2.45 bits per heavy atom. The first-order valence-corrected chi connectivity index (χ1v) is 13.3. The minimum atomic E-state index is -4.63. The monoisotopic (exact) mass is 536 g/mol. The first-order valence-electron chi connectivity index (χ1n) is 13.3. The number of anilines is 1. The third-order valence-corrected chi connectivity index (χ3v) is 6.65. The molecular weight excluding hydrogens is 496 g/mol. The molecule has 2 unspecified atom stereocenters. The predicted molar refractivity (Wildman–Crippen MR) is 146 cm³/mol. The summed E-state index contributed by atoms with van der Waals surface area (Å²) in [6.45, 7) is 8.82. The minimum Gasteiger partial charge on any atom is -0.398 e. The largest absolute Gasteiger partial charge is 0.432 e. The Morgan fingerprint density at radius 2 is 1.82 bits per heavy atom. The van der Waals surface area contributed by atoms with Gasteiger partial charge in [0.05, 0.1) is 12.6 Å². The predicted octanol–water partition coefficient (Wildman–Crippen LogP) is 6.86. The number of hydrogen-bond acceptors (Lipinski definition) is 4. The smallest absolute Gasteiger partial charge is 0.398 e. The summed E-state index contributed by atoms with van der Waals surface area (Å²) in [7, 11) is 0. The normalized spacial score (nSPS) is 22.4. The highest BCUT2D eigenvalue weighted by atomic mass is 19.4. The molecule has 3 rings (SSSR count). The standard InChI is InChI=1S/C27H34F4N4O.C2H6/c1-16-9-10-19(26(36)34-18(3)21-13-17(2)23(32)14-22(21)28)11-12-33-25(27(29,30)31)15-24(16)35-20-7-5-4-6-8-20;1-2/h9-11,13-16,18,20,35H,4-8,12,32H2,1-3H3,(H,34,36);1-2H3/b10-9?,19-11+,24-15+,33-25?;. The Kier molecular flexibility index (Phi) is 11.6. The molecule has 1 aromatic rings. The lowest BCUT2D eigenvalue weighted by molar-refractivity contribution is -0.117. The van der Waals surface area contributed by atoms with Crippen LogP contribution in [0.1, 0.15) is 77.0 Å². The molecule has 0 aromatic heterocycles. The number of nitrogens with two attached hydrogens (primary N) is 1. The van der Waals surface area contributed by atoms with Crippen LogP contribution in [0, 0.1) is 18.7 Å². The first-order chi connectivity index (χ1) is 18.0. The molecule has 4 N–H and O–H groups in total. The van der Waals surface area contributed by atoms with Crippen LogP contribution in [0.3, 0.4) is 0 Å². The molecule has 1 saturated carbocycles. The molecule has 1 heterocycles. The van der Waals surface area contributed by atoms with Crippen molar-refractivity contribution in [2.45, 2.75) is 85.0 Å². The third kappa shape index (κ3) is 8.74. The number of hydrogen-bond donors (Lipinski definition) is 3. The van der Waals surface area contributed by atoms with Crippen molar-refractivity contribution in [1.82, 2.24) is 10.6 Å². The van der Waals surface area contributed by atoms with Crippen molar-refractivity contribution in [3.63, 3.8) is 0 Å². The van der Waals surface area contributed by atoms with E-state index in [0.29, 0.717) is 16.9 Å². The van der Waals surface area contributed by atoms with E-state index in [4.69, 9.17) is 5.73 Å². The van der Waals surface area contributed by atoms with Crippen LogP contribution >= 0.6 is 0 Å². The number of aliphatic imine (C=N–C) groups is 1. The van der Waals surface area contributed by atoms with E-state index >= 15 is 0 Å². The van der Waals surface area contributed by atoms with Crippen LogP contribution < -0.4 is 16.4 Å². The molecule has 1 aliphatic heterocycles. The van der Waals surface area contributed by atoms with Gasteiger partial charge in [0.2, 0.25) is 0 Å². The highest BCUT2D eigenvalue weighted by molar-refractivity contribution is 6.00. The summed E-state index contributed by atoms with van der Waals surface area (Å²) in [6.07, 6.45) is 6.08. The number of benzene rings is 1. The molecule has 2 aliphatic rings. The Bertz CT molecular complexity index is 1080. The number of allylic oxidation sites excluding steroid dienone is 2. The molecule has 210 valence electrons. The van der Waals surface area contributed by atoms with Crippen LogP contribution in [-0.4, -0.2) is 30.4 Å². The van der Waals surface area contributed by atoms with Gasteiger partial charge in [-0.2, -0.15) is 13.2 Å². The number of alkyl halides is 3. The van der Waals surface area contributed by atoms with Crippen LogP contribution in [0.4, 0.5) is 23.2 Å². The van der Waals surface area contributed by atoms with Crippen molar-refractivity contribution >= 4 is 17.3 Å². The van der Waals surface area contributed by atoms with Crippen LogP contribution in [0.25, 0.3) is 0 Å². The highest BCUT2D eigenvalue weighted by Crippen LogP contribution is 2.26. The summed E-state index contributed by atoms with van der Waals surface area (Å²) < 4.78 is 55.6. The molecule has 9 heteroatoms. The van der Waals surface area contributed by atoms with E-state index in [-0.39, 0.29) is 23.7 Å². The molecule has 0 radical (unpaired) electrons. The second kappa shape index (κ2) is 14.2. The molecule has 0 saturated heterocycles. The summed E-state index contributed by atoms with van der Waals surface area (Å²) in [5.41, 5.74) is 6.59. The number of amides is 1. The van der Waals surface area contributed by atoms with Gasteiger partial charge in [0.1, 0.15) is 11.5 Å². The van der Waals surface area contributed by atoms with Crippen molar-refractivity contribution in [3.8, 4) is 0 Å². The van der Waals surface area contributed by atoms with Crippen LogP contribution in [-0.2, 0) is 4.79 Å². The van der Waals surface area contributed by atoms with E-state index < -0.39 is 35.6 Å². The van der Waals surface area contributed by atoms with Gasteiger partial charge >= 0.3 is 6.18 Å². The Morgan fingerprint density at radius 1 is 1.16 bits per heavy atom. The molecule has 1 aliphatic carbocycles. The number of carbonyl (C=O) groups is 1. The molecule has 0 bridgehead atoms. The fraction of sp³-hybridized carbons (Fsp3) is 0.517. The van der Waals surface area contributed by atoms with E-state index in [1.165, 1.54) is 12.1 Å².